The van der Waals surface area contributed by atoms with Crippen molar-refractivity contribution in [2.75, 3.05) is 0 Å². The van der Waals surface area contributed by atoms with Crippen molar-refractivity contribution < 1.29 is 29.1 Å². The highest BCUT2D eigenvalue weighted by Crippen LogP contribution is 2.24. The molecule has 160 valence electrons. The third-order valence-corrected chi connectivity index (χ3v) is 4.49. The highest BCUT2D eigenvalue weighted by atomic mass is 32.1. The second kappa shape index (κ2) is 11.4. The van der Waals surface area contributed by atoms with Crippen LogP contribution in [-0.4, -0.2) is 40.4 Å². The van der Waals surface area contributed by atoms with E-state index in [1.165, 1.54) is 16.8 Å². The first-order valence-electron chi connectivity index (χ1n) is 8.88. The summed E-state index contributed by atoms with van der Waals surface area (Å²) >= 11 is 1.52. The number of hydroxylamine groups is 1. The molecular weight excluding hydrogens is 401 g/mol. The predicted octanol–water partition coefficient (Wildman–Crippen LogP) is 1.49. The molecule has 0 aliphatic rings. The van der Waals surface area contributed by atoms with E-state index in [-0.39, 0.29) is 6.42 Å². The van der Waals surface area contributed by atoms with Crippen LogP contribution in [0.2, 0.25) is 0 Å². The number of rotatable bonds is 7. The van der Waals surface area contributed by atoms with E-state index in [1.807, 2.05) is 17.5 Å². The quantitative estimate of drug-likeness (QED) is 0.259. The van der Waals surface area contributed by atoms with E-state index in [9.17, 15) is 23.9 Å². The minimum absolute atomic E-state index is 0.127. The molecule has 3 atom stereocenters. The van der Waals surface area contributed by atoms with Gasteiger partial charge in [-0.3, -0.25) is 19.6 Å². The van der Waals surface area contributed by atoms with Crippen molar-refractivity contribution in [1.82, 2.24) is 10.8 Å². The molecule has 2 rings (SSSR count). The molecule has 1 aromatic carbocycles. The number of aliphatic hydroxyl groups excluding tert-OH is 1. The van der Waals surface area contributed by atoms with Gasteiger partial charge in [0, 0.05) is 4.70 Å². The molecule has 3 amide bonds. The molecule has 0 saturated heterocycles. The lowest BCUT2D eigenvalue weighted by Crippen LogP contribution is -2.50. The Kier molecular flexibility index (Phi) is 9.66. The number of fused-ring (bicyclic) bond motifs is 1. The number of nitrogens with two attached hydrogens (primary N) is 1. The van der Waals surface area contributed by atoms with E-state index in [0.29, 0.717) is 5.56 Å². The Labute approximate surface area is 171 Å². The fourth-order valence-electron chi connectivity index (χ4n) is 2.30. The number of nitrogens with one attached hydrogen (secondary N) is 2. The standard InChI is InChI=1S/C15H16FN3O5S.C4H10/c16-12(13(17)21)18-14(22)9(11(20)15(23)19-24)6-7-1-2-10-8(5-7)3-4-25-10;1-4(2)3/h1-5,9,11-12,20,24H,6H2,(H2,17,21)(H,18,22)(H,19,23);4H,1-3H3/t9-,11+,12-;/m1./s1. The first-order valence-corrected chi connectivity index (χ1v) is 9.76. The maximum absolute atomic E-state index is 13.4. The first kappa shape index (κ1) is 24.5. The van der Waals surface area contributed by atoms with Crippen LogP contribution in [0.1, 0.15) is 26.3 Å². The maximum Gasteiger partial charge on any atom is 0.272 e. The number of benzene rings is 1. The van der Waals surface area contributed by atoms with Crippen molar-refractivity contribution in [2.45, 2.75) is 39.6 Å². The van der Waals surface area contributed by atoms with E-state index in [1.54, 1.807) is 17.4 Å². The second-order valence-electron chi connectivity index (χ2n) is 7.03. The molecule has 0 fully saturated rings. The maximum atomic E-state index is 13.4. The van der Waals surface area contributed by atoms with Gasteiger partial charge in [-0.05, 0) is 40.8 Å². The molecule has 10 heteroatoms. The number of primary amides is 1. The molecular formula is C19H26FN3O5S. The Morgan fingerprint density at radius 1 is 1.17 bits per heavy atom. The van der Waals surface area contributed by atoms with Gasteiger partial charge in [-0.2, -0.15) is 0 Å². The number of thiophene rings is 1. The Balaban J connectivity index is 0.000000960. The van der Waals surface area contributed by atoms with Crippen LogP contribution >= 0.6 is 11.3 Å². The molecule has 0 unspecified atom stereocenters. The van der Waals surface area contributed by atoms with Gasteiger partial charge in [0.05, 0.1) is 5.92 Å². The van der Waals surface area contributed by atoms with E-state index < -0.39 is 36.0 Å². The zero-order valence-electron chi connectivity index (χ0n) is 16.4. The number of amides is 3. The molecule has 1 aromatic heterocycles. The van der Waals surface area contributed by atoms with Gasteiger partial charge in [0.15, 0.2) is 0 Å². The summed E-state index contributed by atoms with van der Waals surface area (Å²) in [4.78, 5) is 34.4. The van der Waals surface area contributed by atoms with Gasteiger partial charge in [0.1, 0.15) is 6.10 Å². The Bertz CT molecular complexity index is 839. The van der Waals surface area contributed by atoms with Crippen molar-refractivity contribution in [3.63, 3.8) is 0 Å². The zero-order valence-corrected chi connectivity index (χ0v) is 17.2. The monoisotopic (exact) mass is 427 g/mol. The highest BCUT2D eigenvalue weighted by molar-refractivity contribution is 7.17. The second-order valence-corrected chi connectivity index (χ2v) is 7.98. The lowest BCUT2D eigenvalue weighted by molar-refractivity contribution is -0.147. The molecule has 0 spiro atoms. The van der Waals surface area contributed by atoms with Crippen LogP contribution in [0.4, 0.5) is 4.39 Å². The van der Waals surface area contributed by atoms with Gasteiger partial charge in [-0.15, -0.1) is 11.3 Å². The lowest BCUT2D eigenvalue weighted by Gasteiger charge is -2.21. The number of halogens is 1. The molecule has 0 radical (unpaired) electrons. The fourth-order valence-corrected chi connectivity index (χ4v) is 3.07. The molecule has 6 N–H and O–H groups in total. The van der Waals surface area contributed by atoms with Crippen LogP contribution in [-0.2, 0) is 20.8 Å². The number of hydrogen-bond acceptors (Lipinski definition) is 6. The average Bonchev–Trinajstić information content (AvgIpc) is 3.11. The SMILES string of the molecule is CC(C)C.NC(=O)[C@H](F)NC(=O)[C@H](Cc1ccc2sccc2c1)[C@H](O)C(=O)NO. The summed E-state index contributed by atoms with van der Waals surface area (Å²) < 4.78 is 14.4. The Hall–Kier alpha value is -2.56. The van der Waals surface area contributed by atoms with E-state index in [4.69, 9.17) is 10.9 Å². The van der Waals surface area contributed by atoms with Crippen LogP contribution in [0, 0.1) is 11.8 Å². The van der Waals surface area contributed by atoms with Gasteiger partial charge in [-0.25, -0.2) is 9.87 Å². The molecule has 1 heterocycles. The minimum atomic E-state index is -2.46. The minimum Gasteiger partial charge on any atom is -0.382 e. The van der Waals surface area contributed by atoms with Crippen molar-refractivity contribution in [1.29, 1.82) is 0 Å². The molecule has 0 saturated carbocycles. The number of aliphatic hydroxyl groups is 1. The van der Waals surface area contributed by atoms with Gasteiger partial charge < -0.3 is 16.2 Å². The Morgan fingerprint density at radius 2 is 1.79 bits per heavy atom. The van der Waals surface area contributed by atoms with Crippen molar-refractivity contribution >= 4 is 39.1 Å². The van der Waals surface area contributed by atoms with E-state index in [2.05, 4.69) is 20.8 Å². The van der Waals surface area contributed by atoms with E-state index >= 15 is 0 Å². The third-order valence-electron chi connectivity index (χ3n) is 3.59. The Morgan fingerprint density at radius 3 is 2.34 bits per heavy atom. The van der Waals surface area contributed by atoms with Crippen molar-refractivity contribution in [3.8, 4) is 0 Å². The predicted molar refractivity (Wildman–Crippen MR) is 108 cm³/mol. The van der Waals surface area contributed by atoms with Crippen LogP contribution in [0.15, 0.2) is 29.6 Å². The summed E-state index contributed by atoms with van der Waals surface area (Å²) in [6.07, 6.45) is -4.54. The van der Waals surface area contributed by atoms with Gasteiger partial charge in [0.2, 0.25) is 5.91 Å². The van der Waals surface area contributed by atoms with Gasteiger partial charge in [-0.1, -0.05) is 32.9 Å². The van der Waals surface area contributed by atoms with Gasteiger partial charge >= 0.3 is 0 Å². The van der Waals surface area contributed by atoms with Crippen molar-refractivity contribution in [2.24, 2.45) is 17.6 Å². The normalized spacial score (nSPS) is 13.8. The van der Waals surface area contributed by atoms with Crippen LogP contribution in [0.5, 0.6) is 0 Å². The topological polar surface area (TPSA) is 142 Å². The summed E-state index contributed by atoms with van der Waals surface area (Å²) in [6, 6.07) is 7.13. The largest absolute Gasteiger partial charge is 0.382 e. The highest BCUT2D eigenvalue weighted by Gasteiger charge is 2.34. The number of alkyl halides is 1. The van der Waals surface area contributed by atoms with E-state index in [0.717, 1.165) is 16.0 Å². The zero-order chi connectivity index (χ0) is 22.1. The fraction of sp³-hybridized carbons (Fsp3) is 0.421. The van der Waals surface area contributed by atoms with Crippen LogP contribution < -0.4 is 16.5 Å². The summed E-state index contributed by atoms with van der Waals surface area (Å²) in [5.41, 5.74) is 6.58. The van der Waals surface area contributed by atoms with Gasteiger partial charge in [0.25, 0.3) is 18.1 Å². The molecule has 0 aliphatic carbocycles. The molecule has 0 aliphatic heterocycles. The number of carbonyl (C=O) groups is 3. The summed E-state index contributed by atoms with van der Waals surface area (Å²) in [5, 5.41) is 23.1. The summed E-state index contributed by atoms with van der Waals surface area (Å²) in [6.45, 7) is 6.50. The smallest absolute Gasteiger partial charge is 0.272 e. The molecule has 2 aromatic rings. The molecule has 0 bridgehead atoms. The first-order chi connectivity index (χ1) is 13.6. The van der Waals surface area contributed by atoms with Crippen LogP contribution in [0.25, 0.3) is 10.1 Å². The number of hydrogen-bond donors (Lipinski definition) is 5. The van der Waals surface area contributed by atoms with Crippen molar-refractivity contribution in [3.05, 3.63) is 35.2 Å². The lowest BCUT2D eigenvalue weighted by atomic mass is 9.92. The third kappa shape index (κ3) is 7.76. The number of carbonyl (C=O) groups excluding carboxylic acids is 3. The van der Waals surface area contributed by atoms with Crippen LogP contribution in [0.3, 0.4) is 0 Å². The summed E-state index contributed by atoms with van der Waals surface area (Å²) in [7, 11) is 0. The molecule has 8 nitrogen and oxygen atoms in total. The molecule has 29 heavy (non-hydrogen) atoms. The average molecular weight is 427 g/mol. The summed E-state index contributed by atoms with van der Waals surface area (Å²) in [5.74, 6) is -4.34.